The van der Waals surface area contributed by atoms with E-state index in [-0.39, 0.29) is 6.10 Å². The van der Waals surface area contributed by atoms with Gasteiger partial charge in [0.15, 0.2) is 0 Å². The predicted molar refractivity (Wildman–Crippen MR) is 78.9 cm³/mol. The van der Waals surface area contributed by atoms with E-state index in [1.165, 1.54) is 11.1 Å². The summed E-state index contributed by atoms with van der Waals surface area (Å²) >= 11 is 0. The average Bonchev–Trinajstić information content (AvgIpc) is 2.48. The molecule has 0 aromatic heterocycles. The fraction of sp³-hybridized carbons (Fsp3) is 0.294. The van der Waals surface area contributed by atoms with Gasteiger partial charge < -0.3 is 10.1 Å². The number of rotatable bonds is 3. The van der Waals surface area contributed by atoms with Crippen molar-refractivity contribution in [1.29, 1.82) is 0 Å². The van der Waals surface area contributed by atoms with Gasteiger partial charge in [-0.15, -0.1) is 0 Å². The van der Waals surface area contributed by atoms with Crippen LogP contribution in [0.4, 0.5) is 5.69 Å². The summed E-state index contributed by atoms with van der Waals surface area (Å²) < 4.78 is 6.03. The topological polar surface area (TPSA) is 21.3 Å². The molecule has 1 unspecified atom stereocenters. The van der Waals surface area contributed by atoms with Gasteiger partial charge in [0, 0.05) is 6.42 Å². The highest BCUT2D eigenvalue weighted by molar-refractivity contribution is 5.57. The third-order valence-electron chi connectivity index (χ3n) is 3.60. The fourth-order valence-electron chi connectivity index (χ4n) is 2.45. The Morgan fingerprint density at radius 2 is 1.79 bits per heavy atom. The number of ether oxygens (including phenoxy) is 1. The summed E-state index contributed by atoms with van der Waals surface area (Å²) in [7, 11) is 0. The smallest absolute Gasteiger partial charge is 0.142 e. The van der Waals surface area contributed by atoms with Crippen LogP contribution in [0.3, 0.4) is 0 Å². The van der Waals surface area contributed by atoms with E-state index in [0.717, 1.165) is 30.8 Å². The maximum Gasteiger partial charge on any atom is 0.142 e. The molecule has 2 aromatic carbocycles. The molecule has 0 bridgehead atoms. The monoisotopic (exact) mass is 253 g/mol. The molecule has 1 aliphatic rings. The fourth-order valence-corrected chi connectivity index (χ4v) is 2.45. The maximum atomic E-state index is 6.03. The Balaban J connectivity index is 1.68. The van der Waals surface area contributed by atoms with Crippen molar-refractivity contribution in [3.63, 3.8) is 0 Å². The molecule has 2 heteroatoms. The molecule has 1 N–H and O–H groups in total. The Morgan fingerprint density at radius 1 is 1.05 bits per heavy atom. The second-order valence-corrected chi connectivity index (χ2v) is 4.99. The van der Waals surface area contributed by atoms with Gasteiger partial charge in [-0.25, -0.2) is 0 Å². The van der Waals surface area contributed by atoms with Crippen LogP contribution in [0, 0.1) is 0 Å². The van der Waals surface area contributed by atoms with Crippen LogP contribution in [-0.2, 0) is 12.8 Å². The maximum absolute atomic E-state index is 6.03. The van der Waals surface area contributed by atoms with E-state index in [4.69, 9.17) is 4.74 Å². The van der Waals surface area contributed by atoms with Crippen molar-refractivity contribution in [3.05, 3.63) is 59.7 Å². The highest BCUT2D eigenvalue weighted by atomic mass is 16.5. The van der Waals surface area contributed by atoms with Crippen molar-refractivity contribution in [2.45, 2.75) is 25.9 Å². The van der Waals surface area contributed by atoms with Crippen LogP contribution in [0.1, 0.15) is 18.1 Å². The molecule has 19 heavy (non-hydrogen) atoms. The van der Waals surface area contributed by atoms with E-state index in [1.54, 1.807) is 0 Å². The van der Waals surface area contributed by atoms with Crippen LogP contribution in [0.2, 0.25) is 0 Å². The van der Waals surface area contributed by atoms with Crippen LogP contribution in [0.5, 0.6) is 5.75 Å². The zero-order valence-electron chi connectivity index (χ0n) is 11.2. The Labute approximate surface area is 114 Å². The molecule has 0 saturated heterocycles. The van der Waals surface area contributed by atoms with Gasteiger partial charge in [0.05, 0.1) is 12.2 Å². The summed E-state index contributed by atoms with van der Waals surface area (Å²) in [5, 5.41) is 3.43. The van der Waals surface area contributed by atoms with E-state index in [9.17, 15) is 0 Å². The Kier molecular flexibility index (Phi) is 3.41. The van der Waals surface area contributed by atoms with Crippen molar-refractivity contribution in [1.82, 2.24) is 0 Å². The summed E-state index contributed by atoms with van der Waals surface area (Å²) in [6.07, 6.45) is 2.25. The molecule has 2 aromatic rings. The van der Waals surface area contributed by atoms with Crippen molar-refractivity contribution >= 4 is 5.69 Å². The van der Waals surface area contributed by atoms with E-state index in [1.807, 2.05) is 18.2 Å². The molecule has 0 fully saturated rings. The number of hydrogen-bond donors (Lipinski definition) is 1. The third-order valence-corrected chi connectivity index (χ3v) is 3.60. The number of para-hydroxylation sites is 2. The second kappa shape index (κ2) is 5.35. The number of fused-ring (bicyclic) bond motifs is 1. The summed E-state index contributed by atoms with van der Waals surface area (Å²) in [6.45, 7) is 3.05. The normalized spacial score (nSPS) is 17.2. The summed E-state index contributed by atoms with van der Waals surface area (Å²) in [5.74, 6) is 0.962. The van der Waals surface area contributed by atoms with E-state index in [0.29, 0.717) is 0 Å². The molecule has 0 amide bonds. The van der Waals surface area contributed by atoms with Crippen molar-refractivity contribution in [2.75, 3.05) is 11.9 Å². The minimum Gasteiger partial charge on any atom is -0.486 e. The molecular formula is C17H19NO. The molecule has 0 aliphatic carbocycles. The van der Waals surface area contributed by atoms with Crippen LogP contribution in [-0.4, -0.2) is 12.6 Å². The highest BCUT2D eigenvalue weighted by Gasteiger charge is 2.18. The van der Waals surface area contributed by atoms with Crippen LogP contribution in [0.25, 0.3) is 0 Å². The number of anilines is 1. The van der Waals surface area contributed by atoms with Gasteiger partial charge in [0.25, 0.3) is 0 Å². The van der Waals surface area contributed by atoms with Crippen molar-refractivity contribution in [3.8, 4) is 5.75 Å². The Bertz CT molecular complexity index is 547. The van der Waals surface area contributed by atoms with Crippen LogP contribution >= 0.6 is 0 Å². The van der Waals surface area contributed by atoms with E-state index in [2.05, 4.69) is 42.6 Å². The lowest BCUT2D eigenvalue weighted by atomic mass is 10.0. The van der Waals surface area contributed by atoms with Gasteiger partial charge in [-0.05, 0) is 29.7 Å². The first kappa shape index (κ1) is 12.1. The lowest BCUT2D eigenvalue weighted by molar-refractivity contribution is 0.206. The van der Waals surface area contributed by atoms with E-state index >= 15 is 0 Å². The summed E-state index contributed by atoms with van der Waals surface area (Å²) in [5.41, 5.74) is 3.82. The molecule has 1 aliphatic heterocycles. The quantitative estimate of drug-likeness (QED) is 0.901. The first-order chi connectivity index (χ1) is 9.35. The first-order valence-corrected chi connectivity index (χ1v) is 6.92. The van der Waals surface area contributed by atoms with Gasteiger partial charge in [-0.3, -0.25) is 0 Å². The Morgan fingerprint density at radius 3 is 2.58 bits per heavy atom. The minimum absolute atomic E-state index is 0.211. The molecule has 1 heterocycles. The van der Waals surface area contributed by atoms with Gasteiger partial charge in [-0.2, -0.15) is 0 Å². The van der Waals surface area contributed by atoms with Gasteiger partial charge >= 0.3 is 0 Å². The SMILES string of the molecule is CCc1ccc(CC2CNc3ccccc3O2)cc1. The predicted octanol–water partition coefficient (Wildman–Crippen LogP) is 3.66. The molecular weight excluding hydrogens is 234 g/mol. The molecule has 1 atom stereocenters. The van der Waals surface area contributed by atoms with Crippen molar-refractivity contribution in [2.24, 2.45) is 0 Å². The molecule has 0 radical (unpaired) electrons. The number of aryl methyl sites for hydroxylation is 1. The highest BCUT2D eigenvalue weighted by Crippen LogP contribution is 2.29. The summed E-state index contributed by atoms with van der Waals surface area (Å²) in [6, 6.07) is 17.0. The second-order valence-electron chi connectivity index (χ2n) is 4.99. The Hall–Kier alpha value is -1.96. The third kappa shape index (κ3) is 2.73. The van der Waals surface area contributed by atoms with Gasteiger partial charge in [0.2, 0.25) is 0 Å². The molecule has 0 spiro atoms. The lowest BCUT2D eigenvalue weighted by Crippen LogP contribution is -2.32. The summed E-state index contributed by atoms with van der Waals surface area (Å²) in [4.78, 5) is 0. The van der Waals surface area contributed by atoms with Gasteiger partial charge in [-0.1, -0.05) is 43.3 Å². The standard InChI is InChI=1S/C17H19NO/c1-2-13-7-9-14(10-8-13)11-15-12-18-16-5-3-4-6-17(16)19-15/h3-10,15,18H,2,11-12H2,1H3. The minimum atomic E-state index is 0.211. The number of nitrogens with one attached hydrogen (secondary N) is 1. The van der Waals surface area contributed by atoms with Crippen molar-refractivity contribution < 1.29 is 4.74 Å². The molecule has 2 nitrogen and oxygen atoms in total. The molecule has 3 rings (SSSR count). The molecule has 0 saturated carbocycles. The van der Waals surface area contributed by atoms with Crippen LogP contribution in [0.15, 0.2) is 48.5 Å². The first-order valence-electron chi connectivity index (χ1n) is 6.92. The number of hydrogen-bond acceptors (Lipinski definition) is 2. The number of benzene rings is 2. The average molecular weight is 253 g/mol. The lowest BCUT2D eigenvalue weighted by Gasteiger charge is -2.27. The van der Waals surface area contributed by atoms with Crippen LogP contribution < -0.4 is 10.1 Å². The largest absolute Gasteiger partial charge is 0.486 e. The van der Waals surface area contributed by atoms with Gasteiger partial charge in [0.1, 0.15) is 11.9 Å². The van der Waals surface area contributed by atoms with E-state index < -0.39 is 0 Å². The zero-order valence-corrected chi connectivity index (χ0v) is 11.2. The molecule has 98 valence electrons. The zero-order chi connectivity index (χ0) is 13.1.